The van der Waals surface area contributed by atoms with E-state index in [2.05, 4.69) is 15.6 Å². The molecule has 0 fully saturated rings. The first-order chi connectivity index (χ1) is 20.4. The highest BCUT2D eigenvalue weighted by Gasteiger charge is 2.32. The SMILES string of the molecule is CCC1=C(C)[C@H](CC2=N/C(=C\c3[nH]c(C[C@@H]4NC(=O)C(C)=C4CC)c(C)c3CCC(=O)O)C(CCC(=O)O)=C2C)NC1=O. The molecule has 0 saturated carbocycles. The van der Waals surface area contributed by atoms with E-state index in [0.717, 1.165) is 68.1 Å². The maximum atomic E-state index is 12.4. The lowest BCUT2D eigenvalue weighted by Crippen LogP contribution is -2.31. The predicted molar refractivity (Wildman–Crippen MR) is 165 cm³/mol. The molecule has 4 heterocycles. The van der Waals surface area contributed by atoms with E-state index in [4.69, 9.17) is 4.99 Å². The third-order valence-corrected chi connectivity index (χ3v) is 9.09. The van der Waals surface area contributed by atoms with Crippen LogP contribution in [0.4, 0.5) is 0 Å². The Hall–Kier alpha value is -4.21. The second kappa shape index (κ2) is 13.0. The average molecular weight is 591 g/mol. The van der Waals surface area contributed by atoms with Crippen molar-refractivity contribution < 1.29 is 29.4 Å². The van der Waals surface area contributed by atoms with Crippen molar-refractivity contribution in [2.45, 2.75) is 105 Å². The van der Waals surface area contributed by atoms with Crippen LogP contribution in [0, 0.1) is 6.92 Å². The molecule has 1 aromatic rings. The van der Waals surface area contributed by atoms with E-state index in [1.165, 1.54) is 0 Å². The molecule has 0 aromatic carbocycles. The molecule has 230 valence electrons. The van der Waals surface area contributed by atoms with Gasteiger partial charge in [-0.3, -0.25) is 24.2 Å². The molecule has 4 rings (SSSR count). The van der Waals surface area contributed by atoms with E-state index in [1.807, 2.05) is 47.6 Å². The number of aromatic nitrogens is 1. The van der Waals surface area contributed by atoms with Crippen molar-refractivity contribution in [2.24, 2.45) is 4.99 Å². The molecular formula is C33H42N4O6. The zero-order valence-electron chi connectivity index (χ0n) is 25.9. The van der Waals surface area contributed by atoms with Crippen LogP contribution >= 0.6 is 0 Å². The number of hydrogen-bond donors (Lipinski definition) is 5. The highest BCUT2D eigenvalue weighted by molar-refractivity contribution is 6.07. The zero-order chi connectivity index (χ0) is 31.6. The molecule has 10 heteroatoms. The number of H-pyrrole nitrogens is 1. The Morgan fingerprint density at radius 1 is 0.837 bits per heavy atom. The molecule has 2 atom stereocenters. The van der Waals surface area contributed by atoms with Gasteiger partial charge in [-0.1, -0.05) is 13.8 Å². The number of allylic oxidation sites excluding steroid dienone is 2. The van der Waals surface area contributed by atoms with Crippen molar-refractivity contribution in [3.05, 3.63) is 61.7 Å². The molecule has 3 aliphatic rings. The number of aromatic amines is 1. The van der Waals surface area contributed by atoms with Gasteiger partial charge in [-0.25, -0.2) is 0 Å². The van der Waals surface area contributed by atoms with Crippen LogP contribution in [-0.4, -0.2) is 56.7 Å². The van der Waals surface area contributed by atoms with Gasteiger partial charge in [-0.15, -0.1) is 0 Å². The maximum Gasteiger partial charge on any atom is 0.303 e. The van der Waals surface area contributed by atoms with Crippen molar-refractivity contribution in [3.63, 3.8) is 0 Å². The number of hydrogen-bond acceptors (Lipinski definition) is 5. The monoisotopic (exact) mass is 590 g/mol. The van der Waals surface area contributed by atoms with Gasteiger partial charge in [0.2, 0.25) is 11.8 Å². The third kappa shape index (κ3) is 6.58. The van der Waals surface area contributed by atoms with Crippen LogP contribution in [0.5, 0.6) is 0 Å². The number of carbonyl (C=O) groups is 4. The molecule has 1 aromatic heterocycles. The minimum absolute atomic E-state index is 0.0459. The van der Waals surface area contributed by atoms with E-state index in [1.54, 1.807) is 0 Å². The summed E-state index contributed by atoms with van der Waals surface area (Å²) in [6.45, 7) is 11.7. The summed E-state index contributed by atoms with van der Waals surface area (Å²) < 4.78 is 0. The van der Waals surface area contributed by atoms with Gasteiger partial charge in [-0.05, 0) is 92.9 Å². The van der Waals surface area contributed by atoms with Gasteiger partial charge in [0.1, 0.15) is 0 Å². The molecule has 0 saturated heterocycles. The van der Waals surface area contributed by atoms with E-state index in [9.17, 15) is 29.4 Å². The first kappa shape index (κ1) is 31.7. The van der Waals surface area contributed by atoms with E-state index < -0.39 is 11.9 Å². The van der Waals surface area contributed by atoms with Gasteiger partial charge >= 0.3 is 11.9 Å². The van der Waals surface area contributed by atoms with Gasteiger partial charge in [-0.2, -0.15) is 0 Å². The van der Waals surface area contributed by atoms with Crippen LogP contribution in [0.2, 0.25) is 0 Å². The molecule has 0 radical (unpaired) electrons. The van der Waals surface area contributed by atoms with Crippen LogP contribution in [0.15, 0.2) is 44.1 Å². The van der Waals surface area contributed by atoms with Gasteiger partial charge < -0.3 is 25.8 Å². The molecule has 3 aliphatic heterocycles. The topological polar surface area (TPSA) is 161 Å². The van der Waals surface area contributed by atoms with Crippen molar-refractivity contribution in [1.82, 2.24) is 15.6 Å². The van der Waals surface area contributed by atoms with Crippen molar-refractivity contribution >= 4 is 35.5 Å². The Morgan fingerprint density at radius 3 is 2.09 bits per heavy atom. The minimum atomic E-state index is -0.906. The maximum absolute atomic E-state index is 12.4. The number of carbonyl (C=O) groups excluding carboxylic acids is 2. The second-order valence-electron chi connectivity index (χ2n) is 11.6. The first-order valence-electron chi connectivity index (χ1n) is 15.0. The fraction of sp³-hybridized carbons (Fsp3) is 0.485. The van der Waals surface area contributed by atoms with Crippen molar-refractivity contribution in [1.29, 1.82) is 0 Å². The number of amides is 2. The molecule has 43 heavy (non-hydrogen) atoms. The molecule has 5 N–H and O–H groups in total. The molecule has 0 spiro atoms. The molecular weight excluding hydrogens is 548 g/mol. The van der Waals surface area contributed by atoms with Gasteiger partial charge in [0.15, 0.2) is 0 Å². The van der Waals surface area contributed by atoms with Crippen LogP contribution in [0.3, 0.4) is 0 Å². The Bertz CT molecular complexity index is 1530. The van der Waals surface area contributed by atoms with Crippen molar-refractivity contribution in [3.8, 4) is 0 Å². The highest BCUT2D eigenvalue weighted by Crippen LogP contribution is 2.35. The van der Waals surface area contributed by atoms with E-state index in [-0.39, 0.29) is 36.7 Å². The number of rotatable bonds is 13. The summed E-state index contributed by atoms with van der Waals surface area (Å²) in [5.41, 5.74) is 10.2. The number of carboxylic acid groups (broad SMARTS) is 2. The lowest BCUT2D eigenvalue weighted by Gasteiger charge is -2.14. The standard InChI is InChI=1S/C33H42N4O6/c1-7-20-19(6)32(42)37-27(20)14-25-18(5)23(10-12-31(40)41)29(35-25)15-28-22(9-11-30(38)39)17(4)24(34-28)13-26-16(3)21(8-2)33(43)36-26/h15,26-27,35H,7-14H2,1-6H3,(H,36,43)(H,37,42)(H,38,39)(H,40,41)/b28-15-/t26-,27-/m0/s1. The summed E-state index contributed by atoms with van der Waals surface area (Å²) >= 11 is 0. The van der Waals surface area contributed by atoms with Crippen LogP contribution in [0.1, 0.15) is 95.7 Å². The van der Waals surface area contributed by atoms with Crippen LogP contribution in [-0.2, 0) is 32.0 Å². The van der Waals surface area contributed by atoms with Crippen molar-refractivity contribution in [2.75, 3.05) is 0 Å². The molecule has 0 bridgehead atoms. The van der Waals surface area contributed by atoms with Gasteiger partial charge in [0, 0.05) is 53.9 Å². The fourth-order valence-corrected chi connectivity index (χ4v) is 6.49. The molecule has 0 unspecified atom stereocenters. The number of nitrogens with one attached hydrogen (secondary N) is 3. The highest BCUT2D eigenvalue weighted by atomic mass is 16.4. The van der Waals surface area contributed by atoms with Crippen LogP contribution in [0.25, 0.3) is 6.08 Å². The molecule has 10 nitrogen and oxygen atoms in total. The number of carboxylic acids is 2. The van der Waals surface area contributed by atoms with Gasteiger partial charge in [0.25, 0.3) is 0 Å². The zero-order valence-corrected chi connectivity index (χ0v) is 25.9. The molecule has 0 aliphatic carbocycles. The Kier molecular flexibility index (Phi) is 9.57. The van der Waals surface area contributed by atoms with Crippen LogP contribution < -0.4 is 10.6 Å². The number of nitrogens with zero attached hydrogens (tertiary/aromatic N) is 1. The first-order valence-corrected chi connectivity index (χ1v) is 15.0. The van der Waals surface area contributed by atoms with Gasteiger partial charge in [0.05, 0.1) is 17.8 Å². The molecule has 2 amide bonds. The smallest absolute Gasteiger partial charge is 0.303 e. The lowest BCUT2D eigenvalue weighted by atomic mass is 9.95. The third-order valence-electron chi connectivity index (χ3n) is 9.09. The van der Waals surface area contributed by atoms with E-state index in [0.29, 0.717) is 37.8 Å². The normalized spacial score (nSPS) is 21.3. The number of aliphatic imine (C=N–C) groups is 1. The largest absolute Gasteiger partial charge is 0.481 e. The fourth-order valence-electron chi connectivity index (χ4n) is 6.49. The number of aliphatic carboxylic acids is 2. The Labute approximate surface area is 252 Å². The summed E-state index contributed by atoms with van der Waals surface area (Å²) in [4.78, 5) is 56.3. The summed E-state index contributed by atoms with van der Waals surface area (Å²) in [5.74, 6) is -1.93. The second-order valence-corrected chi connectivity index (χ2v) is 11.6. The van der Waals surface area contributed by atoms with E-state index >= 15 is 0 Å². The lowest BCUT2D eigenvalue weighted by molar-refractivity contribution is -0.138. The summed E-state index contributed by atoms with van der Waals surface area (Å²) in [7, 11) is 0. The Morgan fingerprint density at radius 2 is 1.49 bits per heavy atom. The minimum Gasteiger partial charge on any atom is -0.481 e. The summed E-state index contributed by atoms with van der Waals surface area (Å²) in [6, 6.07) is -0.314. The average Bonchev–Trinajstić information content (AvgIpc) is 3.59. The quantitative estimate of drug-likeness (QED) is 0.224. The Balaban J connectivity index is 1.74. The summed E-state index contributed by atoms with van der Waals surface area (Å²) in [6.07, 6.45) is 4.84. The predicted octanol–water partition coefficient (Wildman–Crippen LogP) is 4.70. The summed E-state index contributed by atoms with van der Waals surface area (Å²) in [5, 5.41) is 25.0.